The zero-order valence-corrected chi connectivity index (χ0v) is 11.3. The number of nitrogens with one attached hydrogen (secondary N) is 2. The third kappa shape index (κ3) is 4.89. The van der Waals surface area contributed by atoms with Gasteiger partial charge in [0.25, 0.3) is 0 Å². The minimum atomic E-state index is -3.29. The Morgan fingerprint density at radius 1 is 1.44 bits per heavy atom. The quantitative estimate of drug-likeness (QED) is 0.528. The Hall–Kier alpha value is -0.700. The molecule has 1 aliphatic rings. The Morgan fingerprint density at radius 2 is 2.17 bits per heavy atom. The van der Waals surface area contributed by atoms with E-state index in [4.69, 9.17) is 10.5 Å². The zero-order chi connectivity index (χ0) is 13.6. The van der Waals surface area contributed by atoms with Crippen LogP contribution in [0.1, 0.15) is 19.8 Å². The maximum atomic E-state index is 11.7. The first-order valence-corrected chi connectivity index (χ1v) is 7.74. The number of sulfonamides is 1. The van der Waals surface area contributed by atoms with E-state index < -0.39 is 16.1 Å². The van der Waals surface area contributed by atoms with Crippen molar-refractivity contribution in [1.29, 1.82) is 0 Å². The fourth-order valence-corrected chi connectivity index (χ4v) is 2.74. The number of carbonyl (C=O) groups excluding carboxylic acids is 1. The van der Waals surface area contributed by atoms with Gasteiger partial charge in [-0.05, 0) is 12.8 Å². The molecule has 0 aromatic carbocycles. The van der Waals surface area contributed by atoms with Crippen molar-refractivity contribution in [2.45, 2.75) is 32.0 Å². The normalized spacial score (nSPS) is 24.1. The molecule has 2 unspecified atom stereocenters. The molecule has 0 spiro atoms. The van der Waals surface area contributed by atoms with Gasteiger partial charge in [0, 0.05) is 19.6 Å². The number of carbonyl (C=O) groups is 1. The number of hydrogen-bond acceptors (Lipinski definition) is 5. The van der Waals surface area contributed by atoms with Gasteiger partial charge in [0.1, 0.15) is 6.10 Å². The van der Waals surface area contributed by atoms with Crippen LogP contribution >= 0.6 is 0 Å². The summed E-state index contributed by atoms with van der Waals surface area (Å²) in [4.78, 5) is 11.7. The summed E-state index contributed by atoms with van der Waals surface area (Å²) in [5, 5.41) is 2.56. The molecule has 8 heteroatoms. The van der Waals surface area contributed by atoms with Crippen LogP contribution in [0.3, 0.4) is 0 Å². The molecule has 0 radical (unpaired) electrons. The lowest BCUT2D eigenvalue weighted by Crippen LogP contribution is -2.39. The van der Waals surface area contributed by atoms with Gasteiger partial charge in [0.05, 0.1) is 11.9 Å². The van der Waals surface area contributed by atoms with Crippen molar-refractivity contribution < 1.29 is 17.9 Å². The maximum Gasteiger partial charge on any atom is 0.249 e. The third-order valence-corrected chi connectivity index (χ3v) is 4.17. The molecule has 1 saturated heterocycles. The highest BCUT2D eigenvalue weighted by molar-refractivity contribution is 7.89. The number of amides is 1. The Labute approximate surface area is 107 Å². The second-order valence-corrected chi connectivity index (χ2v) is 6.09. The van der Waals surface area contributed by atoms with Gasteiger partial charge in [0.15, 0.2) is 0 Å². The van der Waals surface area contributed by atoms with Gasteiger partial charge < -0.3 is 15.8 Å². The molecule has 1 amide bonds. The van der Waals surface area contributed by atoms with Crippen LogP contribution < -0.4 is 15.8 Å². The van der Waals surface area contributed by atoms with E-state index in [1.165, 1.54) is 0 Å². The predicted octanol–water partition coefficient (Wildman–Crippen LogP) is -1.45. The highest BCUT2D eigenvalue weighted by atomic mass is 32.2. The van der Waals surface area contributed by atoms with E-state index in [1.54, 1.807) is 6.92 Å². The zero-order valence-electron chi connectivity index (χ0n) is 10.5. The van der Waals surface area contributed by atoms with Crippen LogP contribution in [0.4, 0.5) is 0 Å². The van der Waals surface area contributed by atoms with Crippen LogP contribution in [0.2, 0.25) is 0 Å². The van der Waals surface area contributed by atoms with Crippen LogP contribution in [0.5, 0.6) is 0 Å². The van der Waals surface area contributed by atoms with Gasteiger partial charge in [0.2, 0.25) is 15.9 Å². The summed E-state index contributed by atoms with van der Waals surface area (Å²) < 4.78 is 30.4. The molecule has 1 rings (SSSR count). The molecule has 2 atom stereocenters. The first-order valence-electron chi connectivity index (χ1n) is 6.09. The van der Waals surface area contributed by atoms with Crippen molar-refractivity contribution in [2.75, 3.05) is 25.4 Å². The number of hydrogen-bond donors (Lipinski definition) is 3. The predicted molar refractivity (Wildman–Crippen MR) is 67.4 cm³/mol. The highest BCUT2D eigenvalue weighted by Gasteiger charge is 2.29. The average Bonchev–Trinajstić information content (AvgIpc) is 2.77. The van der Waals surface area contributed by atoms with Crippen molar-refractivity contribution >= 4 is 15.9 Å². The molecule has 18 heavy (non-hydrogen) atoms. The molecule has 1 aliphatic heterocycles. The summed E-state index contributed by atoms with van der Waals surface area (Å²) >= 11 is 0. The summed E-state index contributed by atoms with van der Waals surface area (Å²) in [5.74, 6) is -0.391. The molecular weight excluding hydrogens is 258 g/mol. The highest BCUT2D eigenvalue weighted by Crippen LogP contribution is 2.18. The molecule has 106 valence electrons. The lowest BCUT2D eigenvalue weighted by Gasteiger charge is -2.12. The second kappa shape index (κ2) is 7.03. The Balaban J connectivity index is 2.26. The third-order valence-electron chi connectivity index (χ3n) is 2.70. The Bertz CT molecular complexity index is 371. The fourth-order valence-electron chi connectivity index (χ4n) is 1.79. The SMILES string of the molecule is CCNS(=O)(=O)CCNC(=O)C1CCC(CN)O1. The van der Waals surface area contributed by atoms with E-state index >= 15 is 0 Å². The molecule has 0 aromatic rings. The molecule has 1 heterocycles. The van der Waals surface area contributed by atoms with E-state index in [9.17, 15) is 13.2 Å². The molecular formula is C10H21N3O4S. The van der Waals surface area contributed by atoms with Crippen LogP contribution in [-0.2, 0) is 19.6 Å². The van der Waals surface area contributed by atoms with E-state index in [1.807, 2.05) is 0 Å². The number of rotatable bonds is 7. The van der Waals surface area contributed by atoms with Gasteiger partial charge >= 0.3 is 0 Å². The van der Waals surface area contributed by atoms with Crippen LogP contribution in [-0.4, -0.2) is 51.9 Å². The minimum Gasteiger partial charge on any atom is -0.364 e. The first-order chi connectivity index (χ1) is 8.48. The monoisotopic (exact) mass is 279 g/mol. The van der Waals surface area contributed by atoms with Gasteiger partial charge in [-0.2, -0.15) is 0 Å². The lowest BCUT2D eigenvalue weighted by atomic mass is 10.2. The van der Waals surface area contributed by atoms with Gasteiger partial charge in [-0.25, -0.2) is 13.1 Å². The molecule has 1 fully saturated rings. The minimum absolute atomic E-state index is 0.0637. The number of nitrogens with two attached hydrogens (primary N) is 1. The van der Waals surface area contributed by atoms with E-state index in [2.05, 4.69) is 10.0 Å². The Morgan fingerprint density at radius 3 is 2.72 bits per heavy atom. The van der Waals surface area contributed by atoms with E-state index in [0.717, 1.165) is 6.42 Å². The van der Waals surface area contributed by atoms with Gasteiger partial charge in [-0.3, -0.25) is 4.79 Å². The topological polar surface area (TPSA) is 111 Å². The van der Waals surface area contributed by atoms with Crippen molar-refractivity contribution in [3.8, 4) is 0 Å². The maximum absolute atomic E-state index is 11.7. The van der Waals surface area contributed by atoms with Crippen LogP contribution in [0.25, 0.3) is 0 Å². The average molecular weight is 279 g/mol. The Kier molecular flexibility index (Phi) is 6.00. The lowest BCUT2D eigenvalue weighted by molar-refractivity contribution is -0.131. The van der Waals surface area contributed by atoms with Crippen molar-refractivity contribution in [3.63, 3.8) is 0 Å². The summed E-state index contributed by atoms with van der Waals surface area (Å²) in [6, 6.07) is 0. The van der Waals surface area contributed by atoms with Crippen molar-refractivity contribution in [3.05, 3.63) is 0 Å². The smallest absolute Gasteiger partial charge is 0.249 e. The molecule has 0 aromatic heterocycles. The summed E-state index contributed by atoms with van der Waals surface area (Å²) in [5.41, 5.74) is 5.44. The molecule has 0 aliphatic carbocycles. The van der Waals surface area contributed by atoms with E-state index in [0.29, 0.717) is 19.5 Å². The summed E-state index contributed by atoms with van der Waals surface area (Å²) in [6.45, 7) is 2.54. The molecule has 4 N–H and O–H groups in total. The molecule has 0 bridgehead atoms. The fraction of sp³-hybridized carbons (Fsp3) is 0.900. The first kappa shape index (κ1) is 15.4. The van der Waals surface area contributed by atoms with Gasteiger partial charge in [-0.15, -0.1) is 0 Å². The molecule has 7 nitrogen and oxygen atoms in total. The van der Waals surface area contributed by atoms with Crippen LogP contribution in [0, 0.1) is 0 Å². The second-order valence-electron chi connectivity index (χ2n) is 4.17. The standard InChI is InChI=1S/C10H21N3O4S/c1-2-13-18(15,16)6-5-12-10(14)9-4-3-8(7-11)17-9/h8-9,13H,2-7,11H2,1H3,(H,12,14). The van der Waals surface area contributed by atoms with Crippen molar-refractivity contribution in [1.82, 2.24) is 10.0 Å². The van der Waals surface area contributed by atoms with E-state index in [-0.39, 0.29) is 24.3 Å². The summed E-state index contributed by atoms with van der Waals surface area (Å²) in [7, 11) is -3.29. The number of ether oxygens (including phenoxy) is 1. The van der Waals surface area contributed by atoms with Crippen molar-refractivity contribution in [2.24, 2.45) is 5.73 Å². The van der Waals surface area contributed by atoms with Crippen LogP contribution in [0.15, 0.2) is 0 Å². The molecule has 0 saturated carbocycles. The summed E-state index contributed by atoms with van der Waals surface area (Å²) in [6.07, 6.45) is 0.837. The largest absolute Gasteiger partial charge is 0.364 e. The van der Waals surface area contributed by atoms with Gasteiger partial charge in [-0.1, -0.05) is 6.92 Å².